The van der Waals surface area contributed by atoms with Gasteiger partial charge in [-0.15, -0.1) is 0 Å². The van der Waals surface area contributed by atoms with Crippen LogP contribution in [0.3, 0.4) is 0 Å². The van der Waals surface area contributed by atoms with Crippen molar-refractivity contribution in [2.24, 2.45) is 0 Å². The van der Waals surface area contributed by atoms with Gasteiger partial charge in [-0.3, -0.25) is 4.90 Å². The molecule has 2 rings (SSSR count). The van der Waals surface area contributed by atoms with Crippen LogP contribution in [-0.4, -0.2) is 37.2 Å². The van der Waals surface area contributed by atoms with Crippen molar-refractivity contribution in [3.63, 3.8) is 0 Å². The number of ether oxygens (including phenoxy) is 1. The van der Waals surface area contributed by atoms with Crippen molar-refractivity contribution >= 4 is 0 Å². The van der Waals surface area contributed by atoms with Gasteiger partial charge in [0.1, 0.15) is 11.5 Å². The van der Waals surface area contributed by atoms with Gasteiger partial charge < -0.3 is 14.5 Å². The fourth-order valence-electron chi connectivity index (χ4n) is 2.42. The molecule has 0 spiro atoms. The number of furan rings is 1. The Morgan fingerprint density at radius 3 is 3.05 bits per heavy atom. The molecule has 1 aromatic rings. The second-order valence-corrected chi connectivity index (χ2v) is 5.39. The summed E-state index contributed by atoms with van der Waals surface area (Å²) in [6, 6.07) is 2.64. The van der Waals surface area contributed by atoms with Gasteiger partial charge in [-0.05, 0) is 38.4 Å². The van der Waals surface area contributed by atoms with Gasteiger partial charge in [0.2, 0.25) is 0 Å². The third kappa shape index (κ3) is 4.06. The smallest absolute Gasteiger partial charge is 0.120 e. The monoisotopic (exact) mass is 266 g/mol. The van der Waals surface area contributed by atoms with E-state index in [0.29, 0.717) is 6.04 Å². The summed E-state index contributed by atoms with van der Waals surface area (Å²) in [6.45, 7) is 11.9. The molecule has 0 saturated carbocycles. The molecule has 4 nitrogen and oxygen atoms in total. The molecule has 1 aliphatic rings. The van der Waals surface area contributed by atoms with Crippen LogP contribution in [0.15, 0.2) is 10.5 Å². The van der Waals surface area contributed by atoms with Crippen molar-refractivity contribution in [2.75, 3.05) is 26.3 Å². The molecule has 19 heavy (non-hydrogen) atoms. The highest BCUT2D eigenvalue weighted by Gasteiger charge is 2.20. The lowest BCUT2D eigenvalue weighted by Crippen LogP contribution is -2.42. The van der Waals surface area contributed by atoms with E-state index in [0.717, 1.165) is 57.3 Å². The molecule has 1 atom stereocenters. The molecule has 108 valence electrons. The summed E-state index contributed by atoms with van der Waals surface area (Å²) in [5.74, 6) is 2.14. The molecule has 1 unspecified atom stereocenters. The Hall–Kier alpha value is -0.840. The summed E-state index contributed by atoms with van der Waals surface area (Å²) in [4.78, 5) is 2.42. The summed E-state index contributed by atoms with van der Waals surface area (Å²) in [5, 5.41) is 3.39. The van der Waals surface area contributed by atoms with Crippen LogP contribution >= 0.6 is 0 Å². The number of hydrogen-bond donors (Lipinski definition) is 1. The zero-order valence-corrected chi connectivity index (χ0v) is 12.4. The maximum Gasteiger partial charge on any atom is 0.120 e. The van der Waals surface area contributed by atoms with Crippen LogP contribution in [0.25, 0.3) is 0 Å². The average molecular weight is 266 g/mol. The summed E-state index contributed by atoms with van der Waals surface area (Å²) in [7, 11) is 0. The zero-order chi connectivity index (χ0) is 13.7. The van der Waals surface area contributed by atoms with E-state index in [9.17, 15) is 0 Å². The van der Waals surface area contributed by atoms with Gasteiger partial charge in [-0.2, -0.15) is 0 Å². The van der Waals surface area contributed by atoms with Crippen LogP contribution in [0.1, 0.15) is 37.4 Å². The Morgan fingerprint density at radius 2 is 2.32 bits per heavy atom. The largest absolute Gasteiger partial charge is 0.463 e. The van der Waals surface area contributed by atoms with E-state index in [1.165, 1.54) is 5.56 Å². The highest BCUT2D eigenvalue weighted by molar-refractivity contribution is 5.20. The molecule has 0 aliphatic carbocycles. The fourth-order valence-corrected chi connectivity index (χ4v) is 2.42. The van der Waals surface area contributed by atoms with E-state index in [2.05, 4.69) is 37.1 Å². The Balaban J connectivity index is 1.91. The first-order valence-corrected chi connectivity index (χ1v) is 7.31. The van der Waals surface area contributed by atoms with Crippen molar-refractivity contribution in [2.45, 2.75) is 46.3 Å². The summed E-state index contributed by atoms with van der Waals surface area (Å²) >= 11 is 0. The van der Waals surface area contributed by atoms with Crippen LogP contribution in [-0.2, 0) is 17.8 Å². The van der Waals surface area contributed by atoms with Gasteiger partial charge in [0, 0.05) is 12.6 Å². The van der Waals surface area contributed by atoms with Crippen molar-refractivity contribution in [1.82, 2.24) is 10.2 Å². The molecule has 0 radical (unpaired) electrons. The molecule has 1 N–H and O–H groups in total. The molecule has 0 bridgehead atoms. The van der Waals surface area contributed by atoms with E-state index in [-0.39, 0.29) is 0 Å². The van der Waals surface area contributed by atoms with Crippen molar-refractivity contribution < 1.29 is 9.15 Å². The maximum atomic E-state index is 5.97. The second-order valence-electron chi connectivity index (χ2n) is 5.39. The molecule has 0 aromatic carbocycles. The fraction of sp³-hybridized carbons (Fsp3) is 0.733. The molecule has 1 aromatic heterocycles. The van der Waals surface area contributed by atoms with Crippen molar-refractivity contribution in [1.29, 1.82) is 0 Å². The SMILES string of the molecule is CCCNCc1oc(CN2CCOCC2C)cc1C. The topological polar surface area (TPSA) is 37.6 Å². The number of rotatable bonds is 6. The van der Waals surface area contributed by atoms with E-state index in [1.54, 1.807) is 0 Å². The molecular weight excluding hydrogens is 240 g/mol. The predicted octanol–water partition coefficient (Wildman–Crippen LogP) is 2.31. The third-order valence-corrected chi connectivity index (χ3v) is 3.65. The average Bonchev–Trinajstić information content (AvgIpc) is 2.73. The Kier molecular flexibility index (Phi) is 5.43. The second kappa shape index (κ2) is 7.08. The Morgan fingerprint density at radius 1 is 1.47 bits per heavy atom. The number of nitrogens with zero attached hydrogens (tertiary/aromatic N) is 1. The Bertz CT molecular complexity index is 389. The van der Waals surface area contributed by atoms with E-state index in [4.69, 9.17) is 9.15 Å². The van der Waals surface area contributed by atoms with Crippen LogP contribution < -0.4 is 5.32 Å². The minimum atomic E-state index is 0.473. The minimum Gasteiger partial charge on any atom is -0.463 e. The van der Waals surface area contributed by atoms with Gasteiger partial charge in [0.25, 0.3) is 0 Å². The molecule has 0 amide bonds. The van der Waals surface area contributed by atoms with Gasteiger partial charge in [-0.25, -0.2) is 0 Å². The van der Waals surface area contributed by atoms with Crippen LogP contribution in [0.5, 0.6) is 0 Å². The predicted molar refractivity (Wildman–Crippen MR) is 76.1 cm³/mol. The minimum absolute atomic E-state index is 0.473. The van der Waals surface area contributed by atoms with E-state index in [1.807, 2.05) is 0 Å². The summed E-state index contributed by atoms with van der Waals surface area (Å²) in [6.07, 6.45) is 1.15. The number of morpholine rings is 1. The lowest BCUT2D eigenvalue weighted by atomic mass is 10.2. The number of aryl methyl sites for hydroxylation is 1. The zero-order valence-electron chi connectivity index (χ0n) is 12.4. The van der Waals surface area contributed by atoms with Gasteiger partial charge in [0.15, 0.2) is 0 Å². The molecule has 4 heteroatoms. The van der Waals surface area contributed by atoms with E-state index >= 15 is 0 Å². The van der Waals surface area contributed by atoms with Crippen LogP contribution in [0, 0.1) is 6.92 Å². The van der Waals surface area contributed by atoms with Gasteiger partial charge >= 0.3 is 0 Å². The van der Waals surface area contributed by atoms with Crippen LogP contribution in [0.4, 0.5) is 0 Å². The summed E-state index contributed by atoms with van der Waals surface area (Å²) in [5.41, 5.74) is 1.25. The molecule has 1 aliphatic heterocycles. The molecular formula is C15H26N2O2. The lowest BCUT2D eigenvalue weighted by Gasteiger charge is -2.32. The highest BCUT2D eigenvalue weighted by Crippen LogP contribution is 2.18. The molecule has 2 heterocycles. The third-order valence-electron chi connectivity index (χ3n) is 3.65. The standard InChI is InChI=1S/C15H26N2O2/c1-4-5-16-9-15-12(2)8-14(19-15)10-17-6-7-18-11-13(17)3/h8,13,16H,4-7,9-11H2,1-3H3. The van der Waals surface area contributed by atoms with Crippen molar-refractivity contribution in [3.8, 4) is 0 Å². The molecule has 1 saturated heterocycles. The summed E-state index contributed by atoms with van der Waals surface area (Å²) < 4.78 is 11.4. The first kappa shape index (κ1) is 14.6. The van der Waals surface area contributed by atoms with E-state index < -0.39 is 0 Å². The lowest BCUT2D eigenvalue weighted by molar-refractivity contribution is -0.00722. The maximum absolute atomic E-state index is 5.97. The molecule has 1 fully saturated rings. The van der Waals surface area contributed by atoms with Gasteiger partial charge in [0.05, 0.1) is 26.3 Å². The highest BCUT2D eigenvalue weighted by atomic mass is 16.5. The number of nitrogens with one attached hydrogen (secondary N) is 1. The van der Waals surface area contributed by atoms with Crippen LogP contribution in [0.2, 0.25) is 0 Å². The quantitative estimate of drug-likeness (QED) is 0.802. The number of hydrogen-bond acceptors (Lipinski definition) is 4. The normalized spacial score (nSPS) is 20.9. The Labute approximate surface area is 116 Å². The first-order chi connectivity index (χ1) is 9.20. The van der Waals surface area contributed by atoms with Gasteiger partial charge in [-0.1, -0.05) is 6.92 Å². The first-order valence-electron chi connectivity index (χ1n) is 7.31. The van der Waals surface area contributed by atoms with Crippen molar-refractivity contribution in [3.05, 3.63) is 23.2 Å².